The Balaban J connectivity index is 1.86. The van der Waals surface area contributed by atoms with E-state index in [2.05, 4.69) is 5.32 Å². The molecule has 3 aromatic rings. The fourth-order valence-corrected chi connectivity index (χ4v) is 5.37. The Hall–Kier alpha value is -3.72. The van der Waals surface area contributed by atoms with E-state index in [0.717, 1.165) is 22.9 Å². The predicted octanol–water partition coefficient (Wildman–Crippen LogP) is 4.37. The van der Waals surface area contributed by atoms with E-state index in [0.29, 0.717) is 11.3 Å². The van der Waals surface area contributed by atoms with Crippen LogP contribution in [0, 0.1) is 19.7 Å². The van der Waals surface area contributed by atoms with Gasteiger partial charge < -0.3 is 10.2 Å². The third-order valence-electron chi connectivity index (χ3n) is 6.75. The van der Waals surface area contributed by atoms with E-state index in [1.807, 2.05) is 56.3 Å². The van der Waals surface area contributed by atoms with Crippen molar-refractivity contribution in [3.8, 4) is 0 Å². The molecule has 0 aliphatic carbocycles. The number of carbonyl (C=O) groups is 2. The summed E-state index contributed by atoms with van der Waals surface area (Å²) in [5, 5.41) is 2.63. The summed E-state index contributed by atoms with van der Waals surface area (Å²) in [4.78, 5) is 28.0. The van der Waals surface area contributed by atoms with Crippen LogP contribution in [0.4, 0.5) is 10.1 Å². The molecule has 0 saturated heterocycles. The SMILES string of the molecule is CNC(=O)[C@H](Cc1ccccc1)N(Cc1ccccc1F)C(=O)CCCN(c1ccc(C)c(C)c1)S(C)(=O)=O. The maximum Gasteiger partial charge on any atom is 0.242 e. The number of hydrogen-bond acceptors (Lipinski definition) is 4. The zero-order chi connectivity index (χ0) is 28.6. The zero-order valence-electron chi connectivity index (χ0n) is 22.9. The van der Waals surface area contributed by atoms with Gasteiger partial charge in [0.2, 0.25) is 21.8 Å². The first-order chi connectivity index (χ1) is 18.5. The topological polar surface area (TPSA) is 86.8 Å². The van der Waals surface area contributed by atoms with Crippen LogP contribution in [-0.2, 0) is 32.6 Å². The first kappa shape index (κ1) is 29.8. The number of sulfonamides is 1. The Morgan fingerprint density at radius 1 is 0.949 bits per heavy atom. The Morgan fingerprint density at radius 2 is 1.62 bits per heavy atom. The van der Waals surface area contributed by atoms with Crippen LogP contribution in [-0.4, -0.2) is 51.0 Å². The summed E-state index contributed by atoms with van der Waals surface area (Å²) >= 11 is 0. The number of likely N-dealkylation sites (N-methyl/N-ethyl adjacent to an activating group) is 1. The van der Waals surface area contributed by atoms with E-state index in [1.54, 1.807) is 24.3 Å². The van der Waals surface area contributed by atoms with Gasteiger partial charge in [0.05, 0.1) is 11.9 Å². The van der Waals surface area contributed by atoms with Crippen LogP contribution in [0.5, 0.6) is 0 Å². The van der Waals surface area contributed by atoms with Crippen LogP contribution in [0.1, 0.15) is 35.1 Å². The van der Waals surface area contributed by atoms with Gasteiger partial charge in [-0.25, -0.2) is 12.8 Å². The summed E-state index contributed by atoms with van der Waals surface area (Å²) in [5.74, 6) is -1.20. The third kappa shape index (κ3) is 8.13. The van der Waals surface area contributed by atoms with Gasteiger partial charge in [0.25, 0.3) is 0 Å². The van der Waals surface area contributed by atoms with Gasteiger partial charge in [0.1, 0.15) is 11.9 Å². The van der Waals surface area contributed by atoms with Gasteiger partial charge in [0.15, 0.2) is 0 Å². The quantitative estimate of drug-likeness (QED) is 0.361. The molecule has 7 nitrogen and oxygen atoms in total. The highest BCUT2D eigenvalue weighted by atomic mass is 32.2. The van der Waals surface area contributed by atoms with Crippen LogP contribution in [0.25, 0.3) is 0 Å². The van der Waals surface area contributed by atoms with Crippen molar-refractivity contribution in [3.63, 3.8) is 0 Å². The summed E-state index contributed by atoms with van der Waals surface area (Å²) in [6.45, 7) is 3.85. The Morgan fingerprint density at radius 3 is 2.23 bits per heavy atom. The Kier molecular flexibility index (Phi) is 10.2. The molecule has 0 aliphatic rings. The van der Waals surface area contributed by atoms with Crippen molar-refractivity contribution < 1.29 is 22.4 Å². The van der Waals surface area contributed by atoms with Gasteiger partial charge in [0, 0.05) is 38.5 Å². The highest BCUT2D eigenvalue weighted by Gasteiger charge is 2.30. The number of rotatable bonds is 12. The number of amides is 2. The fraction of sp³-hybridized carbons (Fsp3) is 0.333. The number of hydrogen-bond donors (Lipinski definition) is 1. The molecule has 0 aliphatic heterocycles. The number of benzene rings is 3. The molecule has 0 heterocycles. The van der Waals surface area contributed by atoms with E-state index in [9.17, 15) is 22.4 Å². The molecule has 2 amide bonds. The molecule has 0 unspecified atom stereocenters. The minimum atomic E-state index is -3.60. The van der Waals surface area contributed by atoms with E-state index >= 15 is 0 Å². The second-order valence-electron chi connectivity index (χ2n) is 9.64. The lowest BCUT2D eigenvalue weighted by molar-refractivity contribution is -0.141. The molecule has 0 aromatic heterocycles. The fourth-order valence-electron chi connectivity index (χ4n) is 4.42. The Labute approximate surface area is 230 Å². The molecule has 3 aromatic carbocycles. The number of anilines is 1. The second kappa shape index (κ2) is 13.4. The summed E-state index contributed by atoms with van der Waals surface area (Å²) < 4.78 is 41.1. The maximum atomic E-state index is 14.6. The molecule has 208 valence electrons. The first-order valence-electron chi connectivity index (χ1n) is 12.8. The summed E-state index contributed by atoms with van der Waals surface area (Å²) in [5.41, 5.74) is 3.69. The minimum Gasteiger partial charge on any atom is -0.357 e. The molecule has 0 fully saturated rings. The number of aryl methyl sites for hydroxylation is 2. The normalized spacial score (nSPS) is 12.0. The molecular formula is C30H36FN3O4S. The highest BCUT2D eigenvalue weighted by molar-refractivity contribution is 7.92. The van der Waals surface area contributed by atoms with Crippen molar-refractivity contribution >= 4 is 27.5 Å². The summed E-state index contributed by atoms with van der Waals surface area (Å²) in [6, 6.07) is 20.0. The van der Waals surface area contributed by atoms with Gasteiger partial charge in [-0.15, -0.1) is 0 Å². The maximum absolute atomic E-state index is 14.6. The van der Waals surface area contributed by atoms with E-state index in [-0.39, 0.29) is 44.2 Å². The highest BCUT2D eigenvalue weighted by Crippen LogP contribution is 2.23. The molecule has 3 rings (SSSR count). The molecule has 9 heteroatoms. The lowest BCUT2D eigenvalue weighted by atomic mass is 10.0. The Bertz CT molecular complexity index is 1400. The van der Waals surface area contributed by atoms with Gasteiger partial charge in [-0.05, 0) is 55.2 Å². The van der Waals surface area contributed by atoms with Crippen molar-refractivity contribution in [2.24, 2.45) is 0 Å². The lowest BCUT2D eigenvalue weighted by Crippen LogP contribution is -2.50. The van der Waals surface area contributed by atoms with Crippen molar-refractivity contribution in [2.75, 3.05) is 24.2 Å². The van der Waals surface area contributed by atoms with E-state index < -0.39 is 21.9 Å². The van der Waals surface area contributed by atoms with Crippen molar-refractivity contribution in [1.82, 2.24) is 10.2 Å². The molecule has 0 radical (unpaired) electrons. The molecule has 39 heavy (non-hydrogen) atoms. The molecule has 1 atom stereocenters. The zero-order valence-corrected chi connectivity index (χ0v) is 23.7. The first-order valence-corrected chi connectivity index (χ1v) is 14.7. The monoisotopic (exact) mass is 553 g/mol. The van der Waals surface area contributed by atoms with Crippen LogP contribution in [0.2, 0.25) is 0 Å². The molecule has 0 saturated carbocycles. The van der Waals surface area contributed by atoms with E-state index in [1.165, 1.54) is 22.3 Å². The average Bonchev–Trinajstić information content (AvgIpc) is 2.90. The van der Waals surface area contributed by atoms with Gasteiger partial charge in [-0.1, -0.05) is 54.6 Å². The summed E-state index contributed by atoms with van der Waals surface area (Å²) in [6.07, 6.45) is 1.58. The van der Waals surface area contributed by atoms with E-state index in [4.69, 9.17) is 0 Å². The standard InChI is InChI=1S/C30H36FN3O4S/c1-22-16-17-26(19-23(22)2)34(39(4,37)38)18-10-15-29(35)33(21-25-13-8-9-14-27(25)31)28(30(36)32-3)20-24-11-6-5-7-12-24/h5-9,11-14,16-17,19,28H,10,15,18,20-21H2,1-4H3,(H,32,36)/t28-/m0/s1. The van der Waals surface area contributed by atoms with Gasteiger partial charge in [-0.2, -0.15) is 0 Å². The number of halogens is 1. The van der Waals surface area contributed by atoms with Crippen LogP contribution in [0.3, 0.4) is 0 Å². The molecular weight excluding hydrogens is 517 g/mol. The van der Waals surface area contributed by atoms with Crippen molar-refractivity contribution in [2.45, 2.75) is 45.7 Å². The molecule has 1 N–H and O–H groups in total. The minimum absolute atomic E-state index is 0.0202. The van der Waals surface area contributed by atoms with Crippen LogP contribution < -0.4 is 9.62 Å². The molecule has 0 bridgehead atoms. The van der Waals surface area contributed by atoms with Gasteiger partial charge in [-0.3, -0.25) is 13.9 Å². The smallest absolute Gasteiger partial charge is 0.242 e. The van der Waals surface area contributed by atoms with Crippen LogP contribution >= 0.6 is 0 Å². The van der Waals surface area contributed by atoms with Crippen molar-refractivity contribution in [3.05, 3.63) is 101 Å². The number of nitrogens with one attached hydrogen (secondary N) is 1. The average molecular weight is 554 g/mol. The van der Waals surface area contributed by atoms with Gasteiger partial charge >= 0.3 is 0 Å². The largest absolute Gasteiger partial charge is 0.357 e. The lowest BCUT2D eigenvalue weighted by Gasteiger charge is -2.31. The predicted molar refractivity (Wildman–Crippen MR) is 152 cm³/mol. The summed E-state index contributed by atoms with van der Waals surface area (Å²) in [7, 11) is -2.10. The van der Waals surface area contributed by atoms with Crippen molar-refractivity contribution in [1.29, 1.82) is 0 Å². The number of nitrogens with zero attached hydrogens (tertiary/aromatic N) is 2. The number of carbonyl (C=O) groups excluding carboxylic acids is 2. The third-order valence-corrected chi connectivity index (χ3v) is 7.94. The molecule has 0 spiro atoms. The second-order valence-corrected chi connectivity index (χ2v) is 11.5. The van der Waals surface area contributed by atoms with Crippen LogP contribution in [0.15, 0.2) is 72.8 Å².